The third-order valence-corrected chi connectivity index (χ3v) is 3.36. The predicted molar refractivity (Wildman–Crippen MR) is 60.1 cm³/mol. The van der Waals surface area contributed by atoms with E-state index in [4.69, 9.17) is 18.6 Å². The molecular formula is C12H16O5. The van der Waals surface area contributed by atoms with Gasteiger partial charge in [0.15, 0.2) is 5.79 Å². The summed E-state index contributed by atoms with van der Waals surface area (Å²) < 4.78 is 21.4. The second kappa shape index (κ2) is 4.16. The molecule has 2 atom stereocenters. The van der Waals surface area contributed by atoms with Gasteiger partial charge in [-0.3, -0.25) is 0 Å². The van der Waals surface area contributed by atoms with Gasteiger partial charge in [-0.25, -0.2) is 4.79 Å². The third-order valence-electron chi connectivity index (χ3n) is 3.36. The number of hydrogen-bond donors (Lipinski definition) is 0. The standard InChI is InChI=1S/C12H16O5/c1-7-11-8(6-16-12(7,2)15-4)9(14-3)5-10(13)17-11/h5,7H,6H2,1-4H3. The molecular weight excluding hydrogens is 224 g/mol. The molecule has 0 saturated carbocycles. The van der Waals surface area contributed by atoms with E-state index in [1.54, 1.807) is 7.11 Å². The first-order valence-electron chi connectivity index (χ1n) is 5.42. The minimum Gasteiger partial charge on any atom is -0.496 e. The minimum absolute atomic E-state index is 0.181. The van der Waals surface area contributed by atoms with Crippen molar-refractivity contribution in [2.45, 2.75) is 32.2 Å². The summed E-state index contributed by atoms with van der Waals surface area (Å²) in [6, 6.07) is 1.32. The summed E-state index contributed by atoms with van der Waals surface area (Å²) in [5.74, 6) is 0.111. The van der Waals surface area contributed by atoms with Gasteiger partial charge < -0.3 is 18.6 Å². The highest BCUT2D eigenvalue weighted by molar-refractivity contribution is 5.37. The van der Waals surface area contributed by atoms with E-state index in [-0.39, 0.29) is 5.92 Å². The van der Waals surface area contributed by atoms with Crippen LogP contribution < -0.4 is 10.4 Å². The van der Waals surface area contributed by atoms with E-state index in [1.165, 1.54) is 13.2 Å². The van der Waals surface area contributed by atoms with Gasteiger partial charge in [-0.2, -0.15) is 0 Å². The van der Waals surface area contributed by atoms with Gasteiger partial charge in [-0.15, -0.1) is 0 Å². The Kier molecular flexibility index (Phi) is 2.97. The van der Waals surface area contributed by atoms with Crippen LogP contribution >= 0.6 is 0 Å². The van der Waals surface area contributed by atoms with E-state index in [0.29, 0.717) is 18.1 Å². The number of methoxy groups -OCH3 is 2. The zero-order valence-corrected chi connectivity index (χ0v) is 10.4. The van der Waals surface area contributed by atoms with Crippen molar-refractivity contribution in [3.05, 3.63) is 27.8 Å². The third kappa shape index (κ3) is 1.85. The number of ether oxygens (including phenoxy) is 3. The molecule has 1 aromatic heterocycles. The summed E-state index contributed by atoms with van der Waals surface area (Å²) in [6.07, 6.45) is 0. The molecule has 0 spiro atoms. The van der Waals surface area contributed by atoms with Gasteiger partial charge in [0.2, 0.25) is 0 Å². The highest BCUT2D eigenvalue weighted by atomic mass is 16.7. The molecule has 1 aromatic rings. The Hall–Kier alpha value is -1.33. The van der Waals surface area contributed by atoms with Crippen LogP contribution in [0.15, 0.2) is 15.3 Å². The van der Waals surface area contributed by atoms with Gasteiger partial charge in [0.1, 0.15) is 11.5 Å². The lowest BCUT2D eigenvalue weighted by molar-refractivity contribution is -0.240. The summed E-state index contributed by atoms with van der Waals surface area (Å²) in [4.78, 5) is 11.4. The van der Waals surface area contributed by atoms with E-state index in [1.807, 2.05) is 13.8 Å². The normalized spacial score (nSPS) is 27.6. The predicted octanol–water partition coefficient (Wildman–Crippen LogP) is 1.64. The first kappa shape index (κ1) is 12.1. The molecule has 0 bridgehead atoms. The van der Waals surface area contributed by atoms with Gasteiger partial charge in [0.25, 0.3) is 0 Å². The maximum absolute atomic E-state index is 11.4. The van der Waals surface area contributed by atoms with Gasteiger partial charge >= 0.3 is 5.63 Å². The summed E-state index contributed by atoms with van der Waals surface area (Å²) in [5, 5.41) is 0. The fourth-order valence-corrected chi connectivity index (χ4v) is 2.00. The lowest BCUT2D eigenvalue weighted by Crippen LogP contribution is -2.41. The van der Waals surface area contributed by atoms with Crippen LogP contribution in [0.25, 0.3) is 0 Å². The minimum atomic E-state index is -0.782. The molecule has 0 aliphatic carbocycles. The molecule has 5 heteroatoms. The fourth-order valence-electron chi connectivity index (χ4n) is 2.00. The van der Waals surface area contributed by atoms with E-state index in [0.717, 1.165) is 5.56 Å². The lowest BCUT2D eigenvalue weighted by atomic mass is 9.92. The quantitative estimate of drug-likeness (QED) is 0.786. The Morgan fingerprint density at radius 2 is 2.18 bits per heavy atom. The Morgan fingerprint density at radius 1 is 1.47 bits per heavy atom. The van der Waals surface area contributed by atoms with Gasteiger partial charge in [0.05, 0.1) is 31.3 Å². The van der Waals surface area contributed by atoms with Crippen molar-refractivity contribution < 1.29 is 18.6 Å². The van der Waals surface area contributed by atoms with Crippen molar-refractivity contribution in [1.82, 2.24) is 0 Å². The number of hydrogen-bond acceptors (Lipinski definition) is 5. The van der Waals surface area contributed by atoms with Crippen LogP contribution in [0.5, 0.6) is 5.75 Å². The monoisotopic (exact) mass is 240 g/mol. The molecule has 1 aliphatic rings. The zero-order chi connectivity index (χ0) is 12.6. The Labute approximate surface area is 99.3 Å². The highest BCUT2D eigenvalue weighted by Gasteiger charge is 2.41. The smallest absolute Gasteiger partial charge is 0.339 e. The summed E-state index contributed by atoms with van der Waals surface area (Å²) >= 11 is 0. The average Bonchev–Trinajstić information content (AvgIpc) is 2.33. The maximum atomic E-state index is 11.4. The van der Waals surface area contributed by atoms with Crippen LogP contribution in [0, 0.1) is 0 Å². The lowest BCUT2D eigenvalue weighted by Gasteiger charge is -2.38. The molecule has 2 heterocycles. The maximum Gasteiger partial charge on any atom is 0.339 e. The second-order valence-electron chi connectivity index (χ2n) is 4.21. The molecule has 0 N–H and O–H groups in total. The molecule has 17 heavy (non-hydrogen) atoms. The number of rotatable bonds is 2. The van der Waals surface area contributed by atoms with Crippen LogP contribution in [0.3, 0.4) is 0 Å². The molecule has 0 aromatic carbocycles. The van der Waals surface area contributed by atoms with E-state index in [2.05, 4.69) is 0 Å². The molecule has 0 amide bonds. The van der Waals surface area contributed by atoms with Crippen molar-refractivity contribution in [3.63, 3.8) is 0 Å². The van der Waals surface area contributed by atoms with Gasteiger partial charge in [-0.1, -0.05) is 6.92 Å². The Bertz CT molecular complexity index is 478. The molecule has 1 aliphatic heterocycles. The molecule has 2 rings (SSSR count). The van der Waals surface area contributed by atoms with E-state index < -0.39 is 11.4 Å². The second-order valence-corrected chi connectivity index (χ2v) is 4.21. The van der Waals surface area contributed by atoms with Crippen molar-refractivity contribution in [3.8, 4) is 5.75 Å². The van der Waals surface area contributed by atoms with Crippen LogP contribution in [-0.2, 0) is 16.1 Å². The largest absolute Gasteiger partial charge is 0.496 e. The van der Waals surface area contributed by atoms with E-state index in [9.17, 15) is 4.79 Å². The van der Waals surface area contributed by atoms with Crippen molar-refractivity contribution >= 4 is 0 Å². The van der Waals surface area contributed by atoms with Crippen LogP contribution in [0.1, 0.15) is 31.1 Å². The van der Waals surface area contributed by atoms with Crippen molar-refractivity contribution in [1.29, 1.82) is 0 Å². The molecule has 0 fully saturated rings. The fraction of sp³-hybridized carbons (Fsp3) is 0.583. The summed E-state index contributed by atoms with van der Waals surface area (Å²) in [7, 11) is 3.09. The molecule has 0 saturated heterocycles. The Balaban J connectivity index is 2.57. The summed E-state index contributed by atoms with van der Waals surface area (Å²) in [5.41, 5.74) is 0.349. The van der Waals surface area contributed by atoms with E-state index >= 15 is 0 Å². The van der Waals surface area contributed by atoms with Crippen molar-refractivity contribution in [2.75, 3.05) is 14.2 Å². The number of fused-ring (bicyclic) bond motifs is 1. The van der Waals surface area contributed by atoms with Crippen LogP contribution in [0.2, 0.25) is 0 Å². The molecule has 0 radical (unpaired) electrons. The molecule has 94 valence electrons. The molecule has 5 nitrogen and oxygen atoms in total. The van der Waals surface area contributed by atoms with Crippen molar-refractivity contribution in [2.24, 2.45) is 0 Å². The zero-order valence-electron chi connectivity index (χ0n) is 10.4. The van der Waals surface area contributed by atoms with Crippen LogP contribution in [-0.4, -0.2) is 20.0 Å². The molecule has 2 unspecified atom stereocenters. The SMILES string of the molecule is COc1cc(=O)oc2c1COC(C)(OC)C2C. The first-order chi connectivity index (χ1) is 8.01. The highest BCUT2D eigenvalue weighted by Crippen LogP contribution is 2.41. The summed E-state index contributed by atoms with van der Waals surface area (Å²) in [6.45, 7) is 4.01. The van der Waals surface area contributed by atoms with Gasteiger partial charge in [0, 0.05) is 7.11 Å². The van der Waals surface area contributed by atoms with Crippen LogP contribution in [0.4, 0.5) is 0 Å². The Morgan fingerprint density at radius 3 is 2.76 bits per heavy atom. The first-order valence-corrected chi connectivity index (χ1v) is 5.42. The van der Waals surface area contributed by atoms with Gasteiger partial charge in [-0.05, 0) is 6.92 Å². The average molecular weight is 240 g/mol. The topological polar surface area (TPSA) is 57.9 Å².